The number of carbonyl (C=O) groups excluding carboxylic acids is 2. The van der Waals surface area contributed by atoms with Crippen LogP contribution >= 0.6 is 11.3 Å². The molecule has 0 spiro atoms. The molecule has 29 heavy (non-hydrogen) atoms. The van der Waals surface area contributed by atoms with E-state index in [1.807, 2.05) is 23.4 Å². The number of likely N-dealkylation sites (N-methyl/N-ethyl adjacent to an activating group) is 1. The van der Waals surface area contributed by atoms with Crippen LogP contribution in [-0.2, 0) is 16.0 Å². The van der Waals surface area contributed by atoms with Gasteiger partial charge in [-0.2, -0.15) is 13.2 Å². The van der Waals surface area contributed by atoms with Crippen molar-refractivity contribution in [2.24, 2.45) is 5.92 Å². The smallest absolute Gasteiger partial charge is 0.475 e. The lowest BCUT2D eigenvalue weighted by Crippen LogP contribution is -2.40. The van der Waals surface area contributed by atoms with E-state index in [4.69, 9.17) is 9.90 Å². The normalized spacial score (nSPS) is 15.4. The number of nitrogens with zero attached hydrogens (tertiary/aromatic N) is 2. The number of halogens is 3. The Morgan fingerprint density at radius 2 is 1.83 bits per heavy atom. The zero-order valence-electron chi connectivity index (χ0n) is 16.8. The minimum Gasteiger partial charge on any atom is -0.475 e. The standard InChI is InChI=1S/C17H26N2O2S.C2HF3O2/c1-13-4-6-19(7-5-13)9-8-18(3)17(21)11-15-10-16(14(2)20)22-12-15;3-2(4,5)1(6)7/h10,12-13H,4-9,11H2,1-3H3;(H,6,7). The molecular formula is C19H27F3N2O4S. The van der Waals surface area contributed by atoms with Gasteiger partial charge in [0, 0.05) is 20.1 Å². The molecule has 164 valence electrons. The van der Waals surface area contributed by atoms with E-state index < -0.39 is 12.1 Å². The highest BCUT2D eigenvalue weighted by Crippen LogP contribution is 2.17. The van der Waals surface area contributed by atoms with Gasteiger partial charge in [-0.1, -0.05) is 6.92 Å². The van der Waals surface area contributed by atoms with E-state index in [0.29, 0.717) is 6.42 Å². The number of carboxylic acid groups (broad SMARTS) is 1. The minimum absolute atomic E-state index is 0.0661. The number of amides is 1. The fourth-order valence-electron chi connectivity index (χ4n) is 2.66. The van der Waals surface area contributed by atoms with Gasteiger partial charge in [-0.25, -0.2) is 4.79 Å². The van der Waals surface area contributed by atoms with Crippen molar-refractivity contribution < 1.29 is 32.7 Å². The first-order valence-electron chi connectivity index (χ1n) is 9.25. The molecule has 2 heterocycles. The zero-order chi connectivity index (χ0) is 22.2. The number of Topliss-reactive ketones (excluding diaryl/α,β-unsaturated/α-hetero) is 1. The summed E-state index contributed by atoms with van der Waals surface area (Å²) >= 11 is 1.42. The van der Waals surface area contributed by atoms with Gasteiger partial charge in [0.2, 0.25) is 5.91 Å². The molecule has 1 aliphatic heterocycles. The van der Waals surface area contributed by atoms with Gasteiger partial charge < -0.3 is 14.9 Å². The van der Waals surface area contributed by atoms with Crippen LogP contribution < -0.4 is 0 Å². The van der Waals surface area contributed by atoms with E-state index in [2.05, 4.69) is 11.8 Å². The predicted octanol–water partition coefficient (Wildman–Crippen LogP) is 3.32. The lowest BCUT2D eigenvalue weighted by Gasteiger charge is -2.31. The van der Waals surface area contributed by atoms with Crippen LogP contribution in [0.2, 0.25) is 0 Å². The third-order valence-corrected chi connectivity index (χ3v) is 5.73. The van der Waals surface area contributed by atoms with Gasteiger partial charge in [-0.3, -0.25) is 9.59 Å². The Bertz CT molecular complexity index is 698. The van der Waals surface area contributed by atoms with E-state index in [1.54, 1.807) is 6.92 Å². The molecular weight excluding hydrogens is 409 g/mol. The third-order valence-electron chi connectivity index (χ3n) is 4.65. The van der Waals surface area contributed by atoms with E-state index in [-0.39, 0.29) is 11.7 Å². The van der Waals surface area contributed by atoms with Gasteiger partial charge in [-0.15, -0.1) is 11.3 Å². The number of rotatable bonds is 6. The Hall–Kier alpha value is -1.94. The highest BCUT2D eigenvalue weighted by atomic mass is 32.1. The van der Waals surface area contributed by atoms with Gasteiger partial charge in [0.1, 0.15) is 0 Å². The molecule has 6 nitrogen and oxygen atoms in total. The van der Waals surface area contributed by atoms with Gasteiger partial charge in [-0.05, 0) is 55.8 Å². The second-order valence-electron chi connectivity index (χ2n) is 7.19. The molecule has 1 N–H and O–H groups in total. The SMILES string of the molecule is CC(=O)c1cc(CC(=O)N(C)CCN2CCC(C)CC2)cs1.O=C(O)C(F)(F)F. The summed E-state index contributed by atoms with van der Waals surface area (Å²) in [6.45, 7) is 7.89. The first-order valence-corrected chi connectivity index (χ1v) is 10.1. The zero-order valence-corrected chi connectivity index (χ0v) is 17.6. The molecule has 1 fully saturated rings. The van der Waals surface area contributed by atoms with Crippen LogP contribution in [0.3, 0.4) is 0 Å². The fourth-order valence-corrected chi connectivity index (χ4v) is 3.48. The molecule has 1 aromatic heterocycles. The van der Waals surface area contributed by atoms with Crippen molar-refractivity contribution in [3.63, 3.8) is 0 Å². The first kappa shape index (κ1) is 25.1. The van der Waals surface area contributed by atoms with Gasteiger partial charge in [0.15, 0.2) is 5.78 Å². The molecule has 0 radical (unpaired) electrons. The largest absolute Gasteiger partial charge is 0.490 e. The number of carbonyl (C=O) groups is 3. The number of aliphatic carboxylic acids is 1. The van der Waals surface area contributed by atoms with E-state index >= 15 is 0 Å². The van der Waals surface area contributed by atoms with Crippen LogP contribution in [0.25, 0.3) is 0 Å². The number of piperidine rings is 1. The van der Waals surface area contributed by atoms with Crippen molar-refractivity contribution in [3.05, 3.63) is 21.9 Å². The van der Waals surface area contributed by atoms with Crippen molar-refractivity contribution in [3.8, 4) is 0 Å². The molecule has 0 saturated carbocycles. The van der Waals surface area contributed by atoms with Crippen molar-refractivity contribution >= 4 is 29.0 Å². The molecule has 2 rings (SSSR count). The lowest BCUT2D eigenvalue weighted by atomic mass is 9.99. The summed E-state index contributed by atoms with van der Waals surface area (Å²) in [5.74, 6) is -1.73. The number of ketones is 1. The van der Waals surface area contributed by atoms with Crippen molar-refractivity contribution in [2.75, 3.05) is 33.2 Å². The maximum absolute atomic E-state index is 12.2. The highest BCUT2D eigenvalue weighted by molar-refractivity contribution is 7.12. The van der Waals surface area contributed by atoms with Crippen LogP contribution in [0.15, 0.2) is 11.4 Å². The average molecular weight is 436 g/mol. The Balaban J connectivity index is 0.000000516. The second kappa shape index (κ2) is 11.3. The minimum atomic E-state index is -5.08. The average Bonchev–Trinajstić information content (AvgIpc) is 3.09. The maximum atomic E-state index is 12.2. The molecule has 0 atom stereocenters. The van der Waals surface area contributed by atoms with Crippen LogP contribution in [-0.4, -0.2) is 72.0 Å². The highest BCUT2D eigenvalue weighted by Gasteiger charge is 2.38. The van der Waals surface area contributed by atoms with Crippen LogP contribution in [0.4, 0.5) is 13.2 Å². The Morgan fingerprint density at radius 3 is 2.28 bits per heavy atom. The number of likely N-dealkylation sites (tertiary alicyclic amines) is 1. The monoisotopic (exact) mass is 436 g/mol. The topological polar surface area (TPSA) is 77.9 Å². The number of hydrogen-bond donors (Lipinski definition) is 1. The number of hydrogen-bond acceptors (Lipinski definition) is 5. The van der Waals surface area contributed by atoms with E-state index in [1.165, 1.54) is 24.2 Å². The van der Waals surface area contributed by atoms with Crippen LogP contribution in [0, 0.1) is 5.92 Å². The first-order chi connectivity index (χ1) is 13.4. The fraction of sp³-hybridized carbons (Fsp3) is 0.632. The molecule has 0 bridgehead atoms. The number of carboxylic acids is 1. The quantitative estimate of drug-likeness (QED) is 0.693. The summed E-state index contributed by atoms with van der Waals surface area (Å²) in [5.41, 5.74) is 0.943. The molecule has 0 unspecified atom stereocenters. The summed E-state index contributed by atoms with van der Waals surface area (Å²) in [5, 5.41) is 9.04. The molecule has 0 aromatic carbocycles. The van der Waals surface area contributed by atoms with Crippen molar-refractivity contribution in [2.45, 2.75) is 39.3 Å². The van der Waals surface area contributed by atoms with Crippen LogP contribution in [0.5, 0.6) is 0 Å². The number of alkyl halides is 3. The summed E-state index contributed by atoms with van der Waals surface area (Å²) in [6, 6.07) is 1.84. The van der Waals surface area contributed by atoms with Crippen LogP contribution in [0.1, 0.15) is 41.9 Å². The van der Waals surface area contributed by atoms with E-state index in [9.17, 15) is 22.8 Å². The van der Waals surface area contributed by atoms with Gasteiger partial charge in [0.05, 0.1) is 11.3 Å². The molecule has 0 aliphatic carbocycles. The Morgan fingerprint density at radius 1 is 1.28 bits per heavy atom. The summed E-state index contributed by atoms with van der Waals surface area (Å²) in [7, 11) is 1.87. The van der Waals surface area contributed by atoms with Gasteiger partial charge in [0.25, 0.3) is 0 Å². The molecule has 1 aromatic rings. The van der Waals surface area contributed by atoms with Crippen molar-refractivity contribution in [1.29, 1.82) is 0 Å². The Labute approximate surface area is 172 Å². The van der Waals surface area contributed by atoms with Gasteiger partial charge >= 0.3 is 12.1 Å². The third kappa shape index (κ3) is 9.40. The number of thiophene rings is 1. The molecule has 10 heteroatoms. The summed E-state index contributed by atoms with van der Waals surface area (Å²) < 4.78 is 31.7. The lowest BCUT2D eigenvalue weighted by molar-refractivity contribution is -0.192. The second-order valence-corrected chi connectivity index (χ2v) is 8.11. The van der Waals surface area contributed by atoms with Crippen molar-refractivity contribution in [1.82, 2.24) is 9.80 Å². The molecule has 1 saturated heterocycles. The molecule has 1 amide bonds. The maximum Gasteiger partial charge on any atom is 0.490 e. The summed E-state index contributed by atoms with van der Waals surface area (Å²) in [6.07, 6.45) is -2.17. The molecule has 1 aliphatic rings. The predicted molar refractivity (Wildman–Crippen MR) is 104 cm³/mol. The summed E-state index contributed by atoms with van der Waals surface area (Å²) in [4.78, 5) is 37.4. The Kier molecular flexibility index (Phi) is 9.78. The van der Waals surface area contributed by atoms with E-state index in [0.717, 1.165) is 42.5 Å².